The molecule has 20 heavy (non-hydrogen) atoms. The summed E-state index contributed by atoms with van der Waals surface area (Å²) in [5, 5.41) is 0.423. The molecule has 4 nitrogen and oxygen atoms in total. The third-order valence-electron chi connectivity index (χ3n) is 3.27. The van der Waals surface area contributed by atoms with Crippen LogP contribution < -0.4 is 0 Å². The molecule has 0 unspecified atom stereocenters. The van der Waals surface area contributed by atoms with E-state index in [-0.39, 0.29) is 11.0 Å². The Morgan fingerprint density at radius 3 is 2.60 bits per heavy atom. The predicted octanol–water partition coefficient (Wildman–Crippen LogP) is 2.75. The normalized spacial score (nSPS) is 18.3. The van der Waals surface area contributed by atoms with Gasteiger partial charge in [0.25, 0.3) is 0 Å². The smallest absolute Gasteiger partial charge is 0.243 e. The van der Waals surface area contributed by atoms with Crippen molar-refractivity contribution in [2.45, 2.75) is 23.8 Å². The van der Waals surface area contributed by atoms with Gasteiger partial charge in [-0.25, -0.2) is 8.42 Å². The molecule has 1 aliphatic heterocycles. The van der Waals surface area contributed by atoms with Gasteiger partial charge in [-0.2, -0.15) is 4.31 Å². The minimum Gasteiger partial charge on any atom is -0.377 e. The molecule has 0 aromatic heterocycles. The Morgan fingerprint density at radius 1 is 1.30 bits per heavy atom. The zero-order valence-corrected chi connectivity index (χ0v) is 13.3. The fourth-order valence-corrected chi connectivity index (χ4v) is 4.09. The molecular weight excluding hydrogens is 321 g/mol. The molecule has 0 radical (unpaired) electrons. The second-order valence-corrected chi connectivity index (χ2v) is 7.37. The van der Waals surface area contributed by atoms with Gasteiger partial charge in [0.15, 0.2) is 0 Å². The number of rotatable bonds is 5. The Morgan fingerprint density at radius 2 is 2.00 bits per heavy atom. The van der Waals surface area contributed by atoms with Crippen molar-refractivity contribution in [1.29, 1.82) is 0 Å². The van der Waals surface area contributed by atoms with E-state index in [4.69, 9.17) is 27.9 Å². The molecule has 1 heterocycles. The summed E-state index contributed by atoms with van der Waals surface area (Å²) in [6.07, 6.45) is 1.48. The van der Waals surface area contributed by atoms with Crippen molar-refractivity contribution in [3.05, 3.63) is 29.3 Å². The Kier molecular flexibility index (Phi) is 5.69. The average molecular weight is 338 g/mol. The van der Waals surface area contributed by atoms with Crippen molar-refractivity contribution < 1.29 is 13.2 Å². The molecule has 0 saturated carbocycles. The minimum atomic E-state index is -3.46. The van der Waals surface area contributed by atoms with Crippen LogP contribution in [0, 0.1) is 0 Å². The number of hydrogen-bond donors (Lipinski definition) is 0. The number of halogens is 2. The van der Waals surface area contributed by atoms with E-state index in [0.717, 1.165) is 0 Å². The van der Waals surface area contributed by atoms with Crippen molar-refractivity contribution in [1.82, 2.24) is 4.31 Å². The molecule has 0 N–H and O–H groups in total. The van der Waals surface area contributed by atoms with Crippen molar-refractivity contribution in [3.63, 3.8) is 0 Å². The van der Waals surface area contributed by atoms with Crippen LogP contribution in [0.25, 0.3) is 0 Å². The first-order valence-electron chi connectivity index (χ1n) is 6.47. The number of sulfonamides is 1. The zero-order valence-electron chi connectivity index (χ0n) is 11.0. The first kappa shape index (κ1) is 16.0. The lowest BCUT2D eigenvalue weighted by atomic mass is 10.1. The molecule has 7 heteroatoms. The second kappa shape index (κ2) is 7.09. The highest BCUT2D eigenvalue weighted by atomic mass is 35.5. The summed E-state index contributed by atoms with van der Waals surface area (Å²) in [6, 6.07) is 6.35. The number of piperidine rings is 1. The van der Waals surface area contributed by atoms with E-state index in [0.29, 0.717) is 43.4 Å². The van der Waals surface area contributed by atoms with Gasteiger partial charge in [0.1, 0.15) is 0 Å². The van der Waals surface area contributed by atoms with E-state index in [9.17, 15) is 8.42 Å². The summed E-state index contributed by atoms with van der Waals surface area (Å²) >= 11 is 11.4. The Labute approximate surface area is 129 Å². The summed E-state index contributed by atoms with van der Waals surface area (Å²) in [6.45, 7) is 1.43. The van der Waals surface area contributed by atoms with Gasteiger partial charge in [0.2, 0.25) is 10.0 Å². The molecule has 2 rings (SSSR count). The van der Waals surface area contributed by atoms with E-state index < -0.39 is 10.0 Å². The maximum Gasteiger partial charge on any atom is 0.243 e. The predicted molar refractivity (Wildman–Crippen MR) is 79.9 cm³/mol. The van der Waals surface area contributed by atoms with Gasteiger partial charge in [-0.3, -0.25) is 0 Å². The van der Waals surface area contributed by atoms with Gasteiger partial charge in [-0.15, -0.1) is 11.6 Å². The van der Waals surface area contributed by atoms with E-state index in [2.05, 4.69) is 0 Å². The fourth-order valence-electron chi connectivity index (χ4n) is 2.23. The maximum absolute atomic E-state index is 12.5. The van der Waals surface area contributed by atoms with Crippen LogP contribution in [0.2, 0.25) is 5.02 Å². The number of ether oxygens (including phenoxy) is 1. The monoisotopic (exact) mass is 337 g/mol. The zero-order chi connectivity index (χ0) is 14.6. The Bertz CT molecular complexity index is 542. The third kappa shape index (κ3) is 3.86. The molecule has 112 valence electrons. The topological polar surface area (TPSA) is 46.6 Å². The maximum atomic E-state index is 12.5. The van der Waals surface area contributed by atoms with Crippen LogP contribution in [-0.2, 0) is 14.8 Å². The van der Waals surface area contributed by atoms with E-state index in [1.807, 2.05) is 0 Å². The molecule has 1 aliphatic rings. The standard InChI is InChI=1S/C13H17Cl2NO3S/c14-6-9-19-12-4-7-16(8-5-12)20(17,18)13-3-1-2-11(15)10-13/h1-3,10,12H,4-9H2. The highest BCUT2D eigenvalue weighted by Gasteiger charge is 2.29. The van der Waals surface area contributed by atoms with Crippen LogP contribution >= 0.6 is 23.2 Å². The molecule has 0 aliphatic carbocycles. The van der Waals surface area contributed by atoms with Crippen molar-refractivity contribution in [2.75, 3.05) is 25.6 Å². The first-order valence-corrected chi connectivity index (χ1v) is 8.82. The molecule has 1 aromatic rings. The van der Waals surface area contributed by atoms with Crippen molar-refractivity contribution >= 4 is 33.2 Å². The Hall–Kier alpha value is -0.330. The largest absolute Gasteiger partial charge is 0.377 e. The summed E-state index contributed by atoms with van der Waals surface area (Å²) in [5.74, 6) is 0.459. The highest BCUT2D eigenvalue weighted by molar-refractivity contribution is 7.89. The van der Waals surface area contributed by atoms with Gasteiger partial charge in [0.05, 0.1) is 17.6 Å². The van der Waals surface area contributed by atoms with Crippen LogP contribution in [0.3, 0.4) is 0 Å². The number of nitrogens with zero attached hydrogens (tertiary/aromatic N) is 1. The molecular formula is C13H17Cl2NO3S. The van der Waals surface area contributed by atoms with Gasteiger partial charge < -0.3 is 4.74 Å². The molecule has 0 spiro atoms. The van der Waals surface area contributed by atoms with Crippen LogP contribution in [0.1, 0.15) is 12.8 Å². The summed E-state index contributed by atoms with van der Waals surface area (Å²) < 4.78 is 32.0. The minimum absolute atomic E-state index is 0.0968. The van der Waals surface area contributed by atoms with Gasteiger partial charge in [-0.05, 0) is 31.0 Å². The van der Waals surface area contributed by atoms with E-state index in [1.54, 1.807) is 18.2 Å². The van der Waals surface area contributed by atoms with E-state index in [1.165, 1.54) is 10.4 Å². The second-order valence-electron chi connectivity index (χ2n) is 4.62. The molecule has 1 fully saturated rings. The molecule has 0 bridgehead atoms. The van der Waals surface area contributed by atoms with Gasteiger partial charge in [-0.1, -0.05) is 17.7 Å². The molecule has 0 atom stereocenters. The SMILES string of the molecule is O=S(=O)(c1cccc(Cl)c1)N1CCC(OCCCl)CC1. The number of benzene rings is 1. The lowest BCUT2D eigenvalue weighted by Gasteiger charge is -2.31. The van der Waals surface area contributed by atoms with Crippen LogP contribution in [0.15, 0.2) is 29.2 Å². The Balaban J connectivity index is 2.02. The van der Waals surface area contributed by atoms with E-state index >= 15 is 0 Å². The summed E-state index contributed by atoms with van der Waals surface area (Å²) in [4.78, 5) is 0.241. The number of hydrogen-bond acceptors (Lipinski definition) is 3. The van der Waals surface area contributed by atoms with Crippen LogP contribution in [0.4, 0.5) is 0 Å². The highest BCUT2D eigenvalue weighted by Crippen LogP contribution is 2.23. The average Bonchev–Trinajstić information content (AvgIpc) is 2.45. The number of alkyl halides is 1. The summed E-state index contributed by atoms with van der Waals surface area (Å²) in [5.41, 5.74) is 0. The molecule has 0 amide bonds. The third-order valence-corrected chi connectivity index (χ3v) is 5.55. The summed E-state index contributed by atoms with van der Waals surface area (Å²) in [7, 11) is -3.46. The first-order chi connectivity index (χ1) is 9.54. The van der Waals surface area contributed by atoms with Gasteiger partial charge >= 0.3 is 0 Å². The molecule has 1 saturated heterocycles. The fraction of sp³-hybridized carbons (Fsp3) is 0.538. The lowest BCUT2D eigenvalue weighted by Crippen LogP contribution is -2.41. The molecule has 1 aromatic carbocycles. The van der Waals surface area contributed by atoms with Crippen molar-refractivity contribution in [2.24, 2.45) is 0 Å². The van der Waals surface area contributed by atoms with Gasteiger partial charge in [0, 0.05) is 24.0 Å². The van der Waals surface area contributed by atoms with Crippen molar-refractivity contribution in [3.8, 4) is 0 Å². The van der Waals surface area contributed by atoms with Crippen LogP contribution in [0.5, 0.6) is 0 Å². The lowest BCUT2D eigenvalue weighted by molar-refractivity contribution is 0.0301. The quantitative estimate of drug-likeness (QED) is 0.776. The van der Waals surface area contributed by atoms with Crippen LogP contribution in [-0.4, -0.2) is 44.4 Å².